The van der Waals surface area contributed by atoms with E-state index in [0.29, 0.717) is 63.6 Å². The van der Waals surface area contributed by atoms with Crippen LogP contribution in [0.4, 0.5) is 9.18 Å². The Morgan fingerprint density at radius 3 is 2.72 bits per heavy atom. The summed E-state index contributed by atoms with van der Waals surface area (Å²) in [6, 6.07) is 11.4. The average molecular weight is 622 g/mol. The summed E-state index contributed by atoms with van der Waals surface area (Å²) < 4.78 is 24.7. The highest BCUT2D eigenvalue weighted by atomic mass is 35.5. The van der Waals surface area contributed by atoms with Crippen LogP contribution in [0, 0.1) is 41.8 Å². The van der Waals surface area contributed by atoms with Crippen LogP contribution in [0.15, 0.2) is 30.3 Å². The zero-order chi connectivity index (χ0) is 30.7. The molecule has 0 bridgehead atoms. The van der Waals surface area contributed by atoms with Gasteiger partial charge in [-0.3, -0.25) is 0 Å². The molecule has 2 aliphatic carbocycles. The van der Waals surface area contributed by atoms with Crippen molar-refractivity contribution in [1.82, 2.24) is 14.5 Å². The fourth-order valence-electron chi connectivity index (χ4n) is 7.13. The Labute approximate surface area is 261 Å². The number of hydrogen-bond donors (Lipinski definition) is 0. The summed E-state index contributed by atoms with van der Waals surface area (Å²) in [7, 11) is 1.76. The van der Waals surface area contributed by atoms with Gasteiger partial charge in [0.2, 0.25) is 0 Å². The molecule has 224 valence electrons. The van der Waals surface area contributed by atoms with Crippen LogP contribution < -0.4 is 0 Å². The first-order valence-electron chi connectivity index (χ1n) is 15.0. The number of aromatic nitrogens is 2. The Morgan fingerprint density at radius 1 is 1.28 bits per heavy atom. The van der Waals surface area contributed by atoms with Gasteiger partial charge in [-0.1, -0.05) is 49.2 Å². The normalized spacial score (nSPS) is 21.3. The summed E-state index contributed by atoms with van der Waals surface area (Å²) in [6.07, 6.45) is 2.11. The number of rotatable bonds is 8. The van der Waals surface area contributed by atoms with Crippen LogP contribution in [0.2, 0.25) is 10.0 Å². The van der Waals surface area contributed by atoms with Gasteiger partial charge >= 0.3 is 6.09 Å². The maximum Gasteiger partial charge on any atom is 0.410 e. The second-order valence-electron chi connectivity index (χ2n) is 12.1. The van der Waals surface area contributed by atoms with Crippen LogP contribution in [0.3, 0.4) is 0 Å². The molecule has 0 radical (unpaired) electrons. The molecule has 43 heavy (non-hydrogen) atoms. The maximum atomic E-state index is 16.8. The van der Waals surface area contributed by atoms with E-state index in [-0.39, 0.29) is 35.1 Å². The molecule has 9 heteroatoms. The number of nitrogens with zero attached hydrogens (tertiary/aromatic N) is 4. The standard InChI is InChI=1S/C34H35Cl2FN4O2/c1-6-13-43-34(42)40(5)19(4)27-16-23-18(3)39-31-25(33(23)41(27)32-17(2)22-15-24(22)32)14-20(9-8-12-38)28(30(31)37)21-10-7-11-26(35)29(21)36/h7,10-11,14,16-17,19,22,24,32H,6,8-9,13,15H2,1-5H3/t17-,19+,22?,24-,32+/m0/s1. The van der Waals surface area contributed by atoms with Crippen molar-refractivity contribution in [3.05, 3.63) is 63.1 Å². The van der Waals surface area contributed by atoms with Gasteiger partial charge in [-0.15, -0.1) is 0 Å². The summed E-state index contributed by atoms with van der Waals surface area (Å²) in [4.78, 5) is 19.4. The lowest BCUT2D eigenvalue weighted by atomic mass is 9.80. The number of nitriles is 1. The minimum Gasteiger partial charge on any atom is -0.449 e. The Kier molecular flexibility index (Phi) is 7.81. The molecule has 1 amide bonds. The fourth-order valence-corrected chi connectivity index (χ4v) is 7.52. The highest BCUT2D eigenvalue weighted by molar-refractivity contribution is 6.43. The van der Waals surface area contributed by atoms with E-state index in [1.54, 1.807) is 30.1 Å². The zero-order valence-electron chi connectivity index (χ0n) is 25.0. The summed E-state index contributed by atoms with van der Waals surface area (Å²) in [6.45, 7) is 8.52. The zero-order valence-corrected chi connectivity index (χ0v) is 26.6. The number of amides is 1. The number of benzene rings is 2. The van der Waals surface area contributed by atoms with E-state index in [0.717, 1.165) is 23.0 Å². The minimum atomic E-state index is -0.479. The van der Waals surface area contributed by atoms with Gasteiger partial charge in [0.05, 0.1) is 34.3 Å². The highest BCUT2D eigenvalue weighted by Gasteiger charge is 2.60. The second-order valence-corrected chi connectivity index (χ2v) is 12.9. The first-order chi connectivity index (χ1) is 20.6. The van der Waals surface area contributed by atoms with E-state index in [4.69, 9.17) is 32.9 Å². The van der Waals surface area contributed by atoms with Gasteiger partial charge in [0, 0.05) is 52.8 Å². The van der Waals surface area contributed by atoms with Crippen LogP contribution in [0.25, 0.3) is 32.9 Å². The van der Waals surface area contributed by atoms with Crippen LogP contribution in [0.5, 0.6) is 0 Å². The van der Waals surface area contributed by atoms with E-state index in [1.807, 2.05) is 26.8 Å². The fraction of sp³-hybridized carbons (Fsp3) is 0.441. The molecule has 1 unspecified atom stereocenters. The number of ether oxygens (including phenoxy) is 1. The summed E-state index contributed by atoms with van der Waals surface area (Å²) in [5.74, 6) is 1.24. The first kappa shape index (κ1) is 29.7. The molecule has 2 aliphatic rings. The van der Waals surface area contributed by atoms with Crippen molar-refractivity contribution in [1.29, 1.82) is 5.26 Å². The van der Waals surface area contributed by atoms with Crippen LogP contribution in [0.1, 0.15) is 69.1 Å². The molecule has 0 aliphatic heterocycles. The second kappa shape index (κ2) is 11.3. The number of aryl methyl sites for hydroxylation is 2. The van der Waals surface area contributed by atoms with Crippen LogP contribution in [-0.4, -0.2) is 34.2 Å². The van der Waals surface area contributed by atoms with Crippen LogP contribution in [-0.2, 0) is 11.2 Å². The van der Waals surface area contributed by atoms with Gasteiger partial charge in [-0.05, 0) is 74.6 Å². The van der Waals surface area contributed by atoms with Crippen molar-refractivity contribution < 1.29 is 13.9 Å². The smallest absolute Gasteiger partial charge is 0.410 e. The number of halogens is 3. The van der Waals surface area contributed by atoms with Crippen molar-refractivity contribution in [2.75, 3.05) is 13.7 Å². The van der Waals surface area contributed by atoms with Crippen LogP contribution >= 0.6 is 23.2 Å². The lowest BCUT2D eigenvalue weighted by Crippen LogP contribution is -2.35. The average Bonchev–Trinajstić information content (AvgIpc) is 3.60. The monoisotopic (exact) mass is 620 g/mol. The third kappa shape index (κ3) is 4.74. The summed E-state index contributed by atoms with van der Waals surface area (Å²) >= 11 is 13.0. The first-order valence-corrected chi connectivity index (χ1v) is 15.7. The molecular weight excluding hydrogens is 586 g/mol. The molecule has 2 fully saturated rings. The van der Waals surface area contributed by atoms with Gasteiger partial charge < -0.3 is 14.2 Å². The number of fused-ring (bicyclic) bond motifs is 4. The van der Waals surface area contributed by atoms with Crippen molar-refractivity contribution >= 4 is 51.1 Å². The van der Waals surface area contributed by atoms with E-state index < -0.39 is 5.82 Å². The topological polar surface area (TPSA) is 71.2 Å². The van der Waals surface area contributed by atoms with Crippen molar-refractivity contribution in [2.45, 2.75) is 65.5 Å². The minimum absolute atomic E-state index is 0.218. The molecule has 6 nitrogen and oxygen atoms in total. The van der Waals surface area contributed by atoms with E-state index in [9.17, 15) is 10.1 Å². The molecule has 2 aromatic heterocycles. The lowest BCUT2D eigenvalue weighted by molar-refractivity contribution is 0.0962. The number of hydrogen-bond acceptors (Lipinski definition) is 4. The molecule has 0 N–H and O–H groups in total. The Balaban J connectivity index is 1.64. The molecule has 0 spiro atoms. The Morgan fingerprint density at radius 2 is 2.05 bits per heavy atom. The molecule has 0 saturated heterocycles. The SMILES string of the molecule is CCCOC(=O)N(C)[C@H](C)c1cc2c(C)nc3c(F)c(-c4cccc(Cl)c4Cl)c(CCC#N)cc3c2n1[C@@H]1[C@@H](C)C2C[C@@H]21. The molecule has 2 saturated carbocycles. The quantitative estimate of drug-likeness (QED) is 0.197. The molecule has 4 aromatic rings. The van der Waals surface area contributed by atoms with Gasteiger partial charge in [0.15, 0.2) is 5.82 Å². The van der Waals surface area contributed by atoms with E-state index >= 15 is 4.39 Å². The number of pyridine rings is 1. The van der Waals surface area contributed by atoms with Crippen molar-refractivity contribution in [2.24, 2.45) is 17.8 Å². The maximum absolute atomic E-state index is 16.8. The van der Waals surface area contributed by atoms with E-state index in [1.165, 1.54) is 6.42 Å². The molecule has 6 rings (SSSR count). The summed E-state index contributed by atoms with van der Waals surface area (Å²) in [5.41, 5.74) is 4.34. The van der Waals surface area contributed by atoms with Crippen molar-refractivity contribution in [3.8, 4) is 17.2 Å². The number of carbonyl (C=O) groups excluding carboxylic acids is 1. The Bertz CT molecular complexity index is 1810. The third-order valence-electron chi connectivity index (χ3n) is 9.61. The molecule has 2 aromatic carbocycles. The summed E-state index contributed by atoms with van der Waals surface area (Å²) in [5, 5.41) is 11.7. The van der Waals surface area contributed by atoms with Gasteiger partial charge in [0.1, 0.15) is 5.52 Å². The highest BCUT2D eigenvalue weighted by Crippen LogP contribution is 2.67. The molecule has 5 atom stereocenters. The van der Waals surface area contributed by atoms with Gasteiger partial charge in [-0.2, -0.15) is 5.26 Å². The lowest BCUT2D eigenvalue weighted by Gasteiger charge is -2.38. The van der Waals surface area contributed by atoms with Gasteiger partial charge in [0.25, 0.3) is 0 Å². The molecular formula is C34H35Cl2FN4O2. The molecule has 2 heterocycles. The Hall–Kier alpha value is -3.34. The third-order valence-corrected chi connectivity index (χ3v) is 10.4. The van der Waals surface area contributed by atoms with Crippen molar-refractivity contribution in [3.63, 3.8) is 0 Å². The van der Waals surface area contributed by atoms with Gasteiger partial charge in [-0.25, -0.2) is 14.2 Å². The predicted octanol–water partition coefficient (Wildman–Crippen LogP) is 9.43. The predicted molar refractivity (Wildman–Crippen MR) is 169 cm³/mol. The number of carbonyl (C=O) groups is 1. The van der Waals surface area contributed by atoms with E-state index in [2.05, 4.69) is 23.6 Å². The largest absolute Gasteiger partial charge is 0.449 e.